The van der Waals surface area contributed by atoms with Gasteiger partial charge in [0.05, 0.1) is 17.1 Å². The minimum absolute atomic E-state index is 0.251. The van der Waals surface area contributed by atoms with Gasteiger partial charge in [-0.3, -0.25) is 4.72 Å². The van der Waals surface area contributed by atoms with Crippen LogP contribution in [0, 0.1) is 0 Å². The van der Waals surface area contributed by atoms with Gasteiger partial charge < -0.3 is 20.1 Å². The van der Waals surface area contributed by atoms with Gasteiger partial charge in [-0.1, -0.05) is 19.1 Å². The largest absolute Gasteiger partial charge is 0.374 e. The zero-order chi connectivity index (χ0) is 23.6. The molecule has 2 fully saturated rings. The zero-order valence-corrected chi connectivity index (χ0v) is 20.5. The molecular formula is C24H34N6O2S. The number of likely N-dealkylation sites (N-methyl/N-ethyl adjacent to an activating group) is 1. The summed E-state index contributed by atoms with van der Waals surface area (Å²) in [5.41, 5.74) is 3.92. The van der Waals surface area contributed by atoms with E-state index in [1.54, 1.807) is 12.3 Å². The smallest absolute Gasteiger partial charge is 0.235 e. The highest BCUT2D eigenvalue weighted by Gasteiger charge is 2.36. The number of aromatic amines is 1. The lowest BCUT2D eigenvalue weighted by atomic mass is 10.1. The molecule has 1 saturated heterocycles. The molecule has 1 atom stereocenters. The second-order valence-electron chi connectivity index (χ2n) is 8.81. The predicted molar refractivity (Wildman–Crippen MR) is 136 cm³/mol. The number of H-pyrrole nitrogens is 1. The second-order valence-corrected chi connectivity index (χ2v) is 10.8. The van der Waals surface area contributed by atoms with Gasteiger partial charge in [0.1, 0.15) is 11.6 Å². The van der Waals surface area contributed by atoms with Gasteiger partial charge in [-0.15, -0.1) is 0 Å². The topological polar surface area (TPSA) is 93.4 Å². The molecule has 0 aromatic carbocycles. The summed E-state index contributed by atoms with van der Waals surface area (Å²) >= 11 is 0. The molecule has 0 radical (unpaired) electrons. The number of aromatic nitrogens is 2. The van der Waals surface area contributed by atoms with E-state index in [1.165, 1.54) is 5.70 Å². The van der Waals surface area contributed by atoms with Gasteiger partial charge in [-0.05, 0) is 50.0 Å². The van der Waals surface area contributed by atoms with Crippen molar-refractivity contribution in [1.29, 1.82) is 0 Å². The van der Waals surface area contributed by atoms with E-state index in [9.17, 15) is 8.42 Å². The van der Waals surface area contributed by atoms with Crippen molar-refractivity contribution in [3.63, 3.8) is 0 Å². The maximum absolute atomic E-state index is 12.2. The van der Waals surface area contributed by atoms with Crippen LogP contribution in [0.3, 0.4) is 0 Å². The third-order valence-corrected chi connectivity index (χ3v) is 8.32. The predicted octanol–water partition coefficient (Wildman–Crippen LogP) is 3.87. The molecule has 0 amide bonds. The van der Waals surface area contributed by atoms with Crippen molar-refractivity contribution in [2.45, 2.75) is 43.9 Å². The highest BCUT2D eigenvalue weighted by Crippen LogP contribution is 2.33. The van der Waals surface area contributed by atoms with E-state index < -0.39 is 10.0 Å². The van der Waals surface area contributed by atoms with Crippen LogP contribution in [0.15, 0.2) is 48.8 Å². The van der Waals surface area contributed by atoms with Crippen molar-refractivity contribution in [1.82, 2.24) is 14.9 Å². The first-order valence-corrected chi connectivity index (χ1v) is 13.1. The molecule has 2 aromatic heterocycles. The summed E-state index contributed by atoms with van der Waals surface area (Å²) < 4.78 is 27.0. The Labute approximate surface area is 196 Å². The monoisotopic (exact) mass is 470 g/mol. The number of hydrogen-bond acceptors (Lipinski definition) is 6. The Morgan fingerprint density at radius 3 is 2.76 bits per heavy atom. The first-order chi connectivity index (χ1) is 15.8. The van der Waals surface area contributed by atoms with Crippen LogP contribution in [0.2, 0.25) is 0 Å². The third kappa shape index (κ3) is 5.19. The van der Waals surface area contributed by atoms with Crippen molar-refractivity contribution in [2.75, 3.05) is 42.1 Å². The van der Waals surface area contributed by atoms with E-state index in [-0.39, 0.29) is 5.25 Å². The average molecular weight is 471 g/mol. The van der Waals surface area contributed by atoms with Crippen LogP contribution in [0.25, 0.3) is 5.70 Å². The molecule has 4 rings (SSSR count). The van der Waals surface area contributed by atoms with Crippen LogP contribution < -0.4 is 14.9 Å². The number of allylic oxidation sites excluding steroid dienone is 2. The van der Waals surface area contributed by atoms with E-state index in [4.69, 9.17) is 0 Å². The quantitative estimate of drug-likeness (QED) is 0.457. The Morgan fingerprint density at radius 1 is 1.33 bits per heavy atom. The van der Waals surface area contributed by atoms with Gasteiger partial charge >= 0.3 is 0 Å². The number of nitrogens with zero attached hydrogens (tertiary/aromatic N) is 3. The van der Waals surface area contributed by atoms with Crippen LogP contribution in [0.1, 0.15) is 38.2 Å². The first-order valence-electron chi connectivity index (χ1n) is 11.5. The summed E-state index contributed by atoms with van der Waals surface area (Å²) in [4.78, 5) is 12.4. The summed E-state index contributed by atoms with van der Waals surface area (Å²) in [5, 5.41) is 2.99. The fraction of sp³-hybridized carbons (Fsp3) is 0.458. The van der Waals surface area contributed by atoms with Crippen LogP contribution in [-0.2, 0) is 10.0 Å². The lowest BCUT2D eigenvalue weighted by Crippen LogP contribution is -2.34. The minimum Gasteiger partial charge on any atom is -0.374 e. The van der Waals surface area contributed by atoms with E-state index in [1.807, 2.05) is 26.4 Å². The molecule has 178 valence electrons. The molecule has 1 aliphatic carbocycles. The number of rotatable bonds is 10. The molecule has 33 heavy (non-hydrogen) atoms. The fourth-order valence-electron chi connectivity index (χ4n) is 4.17. The van der Waals surface area contributed by atoms with Gasteiger partial charge in [0.2, 0.25) is 10.0 Å². The molecule has 2 aromatic rings. The molecule has 1 saturated carbocycles. The second kappa shape index (κ2) is 9.51. The van der Waals surface area contributed by atoms with Crippen molar-refractivity contribution in [3.05, 3.63) is 54.4 Å². The highest BCUT2D eigenvalue weighted by molar-refractivity contribution is 7.93. The van der Waals surface area contributed by atoms with E-state index in [0.717, 1.165) is 61.5 Å². The average Bonchev–Trinajstić information content (AvgIpc) is 3.39. The molecular weight excluding hydrogens is 436 g/mol. The molecule has 8 nitrogen and oxygen atoms in total. The first kappa shape index (κ1) is 23.2. The molecule has 2 aliphatic rings. The van der Waals surface area contributed by atoms with Crippen molar-refractivity contribution in [2.24, 2.45) is 0 Å². The molecule has 9 heteroatoms. The van der Waals surface area contributed by atoms with Gasteiger partial charge in [0.15, 0.2) is 0 Å². The Morgan fingerprint density at radius 2 is 2.12 bits per heavy atom. The lowest BCUT2D eigenvalue weighted by molar-refractivity contribution is 0.480. The number of anilines is 3. The SMILES string of the molecule is C=C(/C=C(\c1cc[nH]c1NC)N1CCC(N(C)c2ccc(NS(=O)(=O)C3CC3)cn2)C1)CC. The molecule has 1 unspecified atom stereocenters. The van der Waals surface area contributed by atoms with Gasteiger partial charge in [0.25, 0.3) is 0 Å². The van der Waals surface area contributed by atoms with Crippen LogP contribution in [-0.4, -0.2) is 61.8 Å². The number of nitrogens with one attached hydrogen (secondary N) is 3. The Balaban J connectivity index is 1.46. The molecule has 3 heterocycles. The van der Waals surface area contributed by atoms with Gasteiger partial charge in [-0.25, -0.2) is 13.4 Å². The van der Waals surface area contributed by atoms with Crippen LogP contribution in [0.4, 0.5) is 17.3 Å². The summed E-state index contributed by atoms with van der Waals surface area (Å²) in [6, 6.07) is 6.07. The van der Waals surface area contributed by atoms with E-state index >= 15 is 0 Å². The van der Waals surface area contributed by atoms with Crippen LogP contribution >= 0.6 is 0 Å². The Hall–Kier alpha value is -2.94. The van der Waals surface area contributed by atoms with Crippen LogP contribution in [0.5, 0.6) is 0 Å². The zero-order valence-electron chi connectivity index (χ0n) is 19.6. The van der Waals surface area contributed by atoms with Crippen molar-refractivity contribution < 1.29 is 8.42 Å². The maximum atomic E-state index is 12.2. The molecule has 0 spiro atoms. The Kier molecular flexibility index (Phi) is 6.69. The maximum Gasteiger partial charge on any atom is 0.235 e. The summed E-state index contributed by atoms with van der Waals surface area (Å²) in [6.45, 7) is 8.12. The van der Waals surface area contributed by atoms with Gasteiger partial charge in [-0.2, -0.15) is 0 Å². The third-order valence-electron chi connectivity index (χ3n) is 6.45. The number of sulfonamides is 1. The fourth-order valence-corrected chi connectivity index (χ4v) is 5.54. The number of hydrogen-bond donors (Lipinski definition) is 3. The summed E-state index contributed by atoms with van der Waals surface area (Å²) in [6.07, 6.45) is 9.13. The summed E-state index contributed by atoms with van der Waals surface area (Å²) in [7, 11) is 0.692. The number of pyridine rings is 1. The standard InChI is InChI=1S/C24H34N6O2S/c1-5-17(2)14-22(21-10-12-26-24(21)25-3)30-13-11-19(16-30)29(4)23-9-6-18(15-27-23)28-33(31,32)20-7-8-20/h6,9-10,12,14-15,19-20,25-26,28H,2,5,7-8,11,13,16H2,1,3-4H3/b22-14+. The van der Waals surface area contributed by atoms with E-state index in [0.29, 0.717) is 11.7 Å². The Bertz CT molecular complexity index is 1120. The van der Waals surface area contributed by atoms with Crippen molar-refractivity contribution in [3.8, 4) is 0 Å². The lowest BCUT2D eigenvalue weighted by Gasteiger charge is -2.28. The molecule has 1 aliphatic heterocycles. The highest BCUT2D eigenvalue weighted by atomic mass is 32.2. The normalized spacial score (nSPS) is 18.9. The molecule has 3 N–H and O–H groups in total. The minimum atomic E-state index is -3.28. The summed E-state index contributed by atoms with van der Waals surface area (Å²) in [5.74, 6) is 1.82. The van der Waals surface area contributed by atoms with Crippen molar-refractivity contribution >= 4 is 33.0 Å². The van der Waals surface area contributed by atoms with Gasteiger partial charge in [0, 0.05) is 50.7 Å². The molecule has 0 bridgehead atoms. The van der Waals surface area contributed by atoms with E-state index in [2.05, 4.69) is 55.5 Å². The number of likely N-dealkylation sites (tertiary alicyclic amines) is 1.